The predicted octanol–water partition coefficient (Wildman–Crippen LogP) is 3.63. The van der Waals surface area contributed by atoms with Crippen LogP contribution in [0.2, 0.25) is 0 Å². The van der Waals surface area contributed by atoms with Crippen LogP contribution in [0.3, 0.4) is 0 Å². The molecule has 0 bridgehead atoms. The lowest BCUT2D eigenvalue weighted by Gasteiger charge is -2.53. The third-order valence-corrected chi connectivity index (χ3v) is 6.37. The van der Waals surface area contributed by atoms with Gasteiger partial charge >= 0.3 is 5.51 Å². The highest BCUT2D eigenvalue weighted by atomic mass is 32.2. The van der Waals surface area contributed by atoms with Gasteiger partial charge in [0, 0.05) is 36.5 Å². The molecule has 1 N–H and O–H groups in total. The van der Waals surface area contributed by atoms with Gasteiger partial charge in [0.05, 0.1) is 0 Å². The first kappa shape index (κ1) is 15.9. The summed E-state index contributed by atoms with van der Waals surface area (Å²) in [6.07, 6.45) is 7.23. The van der Waals surface area contributed by atoms with Crippen molar-refractivity contribution in [2.45, 2.75) is 62.0 Å². The summed E-state index contributed by atoms with van der Waals surface area (Å²) in [5, 5.41) is 3.76. The van der Waals surface area contributed by atoms with Gasteiger partial charge in [-0.25, -0.2) is 0 Å². The van der Waals surface area contributed by atoms with Crippen molar-refractivity contribution < 1.29 is 13.2 Å². The Morgan fingerprint density at radius 1 is 1.24 bits per heavy atom. The van der Waals surface area contributed by atoms with Crippen LogP contribution in [-0.4, -0.2) is 46.9 Å². The molecule has 2 saturated carbocycles. The van der Waals surface area contributed by atoms with E-state index in [1.54, 1.807) is 0 Å². The molecule has 3 rings (SSSR count). The molecule has 21 heavy (non-hydrogen) atoms. The summed E-state index contributed by atoms with van der Waals surface area (Å²) in [7, 11) is 0. The van der Waals surface area contributed by atoms with Crippen LogP contribution in [0.15, 0.2) is 0 Å². The number of hydrogen-bond donors (Lipinski definition) is 1. The molecule has 122 valence electrons. The average molecular weight is 322 g/mol. The van der Waals surface area contributed by atoms with Crippen molar-refractivity contribution in [3.63, 3.8) is 0 Å². The van der Waals surface area contributed by atoms with E-state index in [-0.39, 0.29) is 28.6 Å². The van der Waals surface area contributed by atoms with E-state index in [0.717, 1.165) is 25.9 Å². The number of nitrogens with zero attached hydrogens (tertiary/aromatic N) is 1. The summed E-state index contributed by atoms with van der Waals surface area (Å²) in [5.74, 6) is 0.875. The van der Waals surface area contributed by atoms with Crippen LogP contribution in [0.5, 0.6) is 0 Å². The van der Waals surface area contributed by atoms with Gasteiger partial charge in [-0.05, 0) is 50.3 Å². The molecular weight excluding hydrogens is 297 g/mol. The number of halogens is 3. The third kappa shape index (κ3) is 3.53. The molecule has 0 aromatic heterocycles. The second-order valence-corrected chi connectivity index (χ2v) is 8.35. The molecule has 1 aliphatic heterocycles. The highest BCUT2D eigenvalue weighted by molar-refractivity contribution is 8.00. The largest absolute Gasteiger partial charge is 0.441 e. The fraction of sp³-hybridized carbons (Fsp3) is 1.00. The summed E-state index contributed by atoms with van der Waals surface area (Å²) in [4.78, 5) is 2.40. The van der Waals surface area contributed by atoms with Gasteiger partial charge in [-0.15, -0.1) is 0 Å². The Kier molecular flexibility index (Phi) is 4.25. The quantitative estimate of drug-likeness (QED) is 0.851. The first-order valence-corrected chi connectivity index (χ1v) is 9.02. The maximum Gasteiger partial charge on any atom is 0.441 e. The summed E-state index contributed by atoms with van der Waals surface area (Å²) in [5.41, 5.74) is -3.87. The van der Waals surface area contributed by atoms with E-state index < -0.39 is 5.51 Å². The Labute approximate surface area is 129 Å². The molecule has 1 saturated heterocycles. The third-order valence-electron chi connectivity index (χ3n) is 5.65. The molecule has 0 aromatic carbocycles. The zero-order valence-electron chi connectivity index (χ0n) is 12.6. The molecular formula is C15H25F3N2S. The smallest absolute Gasteiger partial charge is 0.308 e. The predicted molar refractivity (Wildman–Crippen MR) is 80.4 cm³/mol. The van der Waals surface area contributed by atoms with Crippen molar-refractivity contribution in [3.8, 4) is 0 Å². The molecule has 3 fully saturated rings. The second kappa shape index (κ2) is 5.60. The topological polar surface area (TPSA) is 15.3 Å². The van der Waals surface area contributed by atoms with Crippen LogP contribution in [0.25, 0.3) is 0 Å². The van der Waals surface area contributed by atoms with Crippen LogP contribution in [0.4, 0.5) is 13.2 Å². The molecule has 1 spiro atoms. The summed E-state index contributed by atoms with van der Waals surface area (Å²) in [6.45, 7) is 4.69. The Morgan fingerprint density at radius 3 is 2.48 bits per heavy atom. The monoisotopic (exact) mass is 322 g/mol. The number of nitrogens with one attached hydrogen (secondary N) is 1. The number of rotatable bonds is 4. The van der Waals surface area contributed by atoms with Crippen LogP contribution >= 0.6 is 11.8 Å². The fourth-order valence-corrected chi connectivity index (χ4v) is 4.75. The van der Waals surface area contributed by atoms with Gasteiger partial charge in [0.2, 0.25) is 0 Å². The number of thioether (sulfide) groups is 1. The fourth-order valence-electron chi connectivity index (χ4n) is 4.21. The SMILES string of the molecule is CC1(C2CC2)CN(CCSC(F)(F)F)C2(CCCC2)CN1. The van der Waals surface area contributed by atoms with E-state index >= 15 is 0 Å². The minimum Gasteiger partial charge on any atom is -0.308 e. The van der Waals surface area contributed by atoms with E-state index in [2.05, 4.69) is 17.1 Å². The molecule has 3 aliphatic rings. The van der Waals surface area contributed by atoms with Gasteiger partial charge < -0.3 is 5.32 Å². The normalized spacial score (nSPS) is 33.7. The minimum atomic E-state index is -4.10. The molecule has 1 atom stereocenters. The molecule has 0 amide bonds. The first-order chi connectivity index (χ1) is 9.83. The van der Waals surface area contributed by atoms with E-state index in [1.807, 2.05) is 0 Å². The maximum atomic E-state index is 12.4. The molecule has 6 heteroatoms. The number of alkyl halides is 3. The van der Waals surface area contributed by atoms with E-state index in [9.17, 15) is 13.2 Å². The summed E-state index contributed by atoms with van der Waals surface area (Å²) in [6, 6.07) is 0. The number of hydrogen-bond acceptors (Lipinski definition) is 3. The first-order valence-electron chi connectivity index (χ1n) is 8.04. The Morgan fingerprint density at radius 2 is 1.90 bits per heavy atom. The van der Waals surface area contributed by atoms with Crippen LogP contribution < -0.4 is 5.32 Å². The van der Waals surface area contributed by atoms with Crippen molar-refractivity contribution in [1.82, 2.24) is 10.2 Å². The van der Waals surface area contributed by atoms with Crippen LogP contribution in [0, 0.1) is 5.92 Å². The highest BCUT2D eigenvalue weighted by Gasteiger charge is 2.51. The molecule has 0 radical (unpaired) electrons. The summed E-state index contributed by atoms with van der Waals surface area (Å²) >= 11 is 0.131. The molecule has 2 nitrogen and oxygen atoms in total. The van der Waals surface area contributed by atoms with Crippen LogP contribution in [-0.2, 0) is 0 Å². The van der Waals surface area contributed by atoms with E-state index in [0.29, 0.717) is 12.5 Å². The Balaban J connectivity index is 1.65. The standard InChI is InChI=1S/C15H25F3N2S/c1-13(12-4-5-12)11-20(8-9-21-15(16,17)18)14(10-19-13)6-2-3-7-14/h12,19H,2-11H2,1H3. The van der Waals surface area contributed by atoms with Crippen LogP contribution in [0.1, 0.15) is 45.4 Å². The van der Waals surface area contributed by atoms with Gasteiger partial charge in [0.1, 0.15) is 0 Å². The Hall–Kier alpha value is 0.0600. The molecule has 2 aliphatic carbocycles. The van der Waals surface area contributed by atoms with Crippen molar-refractivity contribution >= 4 is 11.8 Å². The van der Waals surface area contributed by atoms with Gasteiger partial charge in [-0.3, -0.25) is 4.90 Å². The van der Waals surface area contributed by atoms with Crippen molar-refractivity contribution in [3.05, 3.63) is 0 Å². The van der Waals surface area contributed by atoms with E-state index in [4.69, 9.17) is 0 Å². The Bertz CT molecular complexity index is 378. The highest BCUT2D eigenvalue weighted by Crippen LogP contribution is 2.46. The van der Waals surface area contributed by atoms with Crippen molar-refractivity contribution in [2.24, 2.45) is 5.92 Å². The second-order valence-electron chi connectivity index (χ2n) is 7.19. The molecule has 1 unspecified atom stereocenters. The zero-order chi connectivity index (χ0) is 15.1. The molecule has 1 heterocycles. The van der Waals surface area contributed by atoms with Gasteiger partial charge in [-0.1, -0.05) is 12.8 Å². The lowest BCUT2D eigenvalue weighted by molar-refractivity contribution is -0.0335. The lowest BCUT2D eigenvalue weighted by Crippen LogP contribution is -2.69. The van der Waals surface area contributed by atoms with Crippen molar-refractivity contribution in [2.75, 3.05) is 25.4 Å². The van der Waals surface area contributed by atoms with Gasteiger partial charge in [0.15, 0.2) is 0 Å². The van der Waals surface area contributed by atoms with E-state index in [1.165, 1.54) is 25.7 Å². The van der Waals surface area contributed by atoms with Gasteiger partial charge in [-0.2, -0.15) is 13.2 Å². The zero-order valence-corrected chi connectivity index (χ0v) is 13.5. The molecule has 0 aromatic rings. The minimum absolute atomic E-state index is 0.108. The van der Waals surface area contributed by atoms with Gasteiger partial charge in [0.25, 0.3) is 0 Å². The average Bonchev–Trinajstić information content (AvgIpc) is 3.15. The lowest BCUT2D eigenvalue weighted by atomic mass is 9.84. The maximum absolute atomic E-state index is 12.4. The number of piperazine rings is 1. The summed E-state index contributed by atoms with van der Waals surface area (Å²) < 4.78 is 37.2. The van der Waals surface area contributed by atoms with Crippen molar-refractivity contribution in [1.29, 1.82) is 0 Å².